The highest BCUT2D eigenvalue weighted by molar-refractivity contribution is 5.81. The van der Waals surface area contributed by atoms with E-state index in [4.69, 9.17) is 0 Å². The van der Waals surface area contributed by atoms with E-state index >= 15 is 0 Å². The Morgan fingerprint density at radius 3 is 2.53 bits per heavy atom. The molecular weight excluding hydrogens is 238 g/mol. The fraction of sp³-hybridized carbons (Fsp3) is 0.533. The van der Waals surface area contributed by atoms with Crippen LogP contribution in [0.3, 0.4) is 0 Å². The Labute approximate surface area is 114 Å². The highest BCUT2D eigenvalue weighted by Gasteiger charge is 2.18. The number of benzene rings is 1. The van der Waals surface area contributed by atoms with Gasteiger partial charge in [-0.05, 0) is 56.0 Å². The molecule has 1 amide bonds. The number of nitrogens with one attached hydrogen (secondary N) is 2. The average Bonchev–Trinajstić information content (AvgIpc) is 2.87. The molecule has 2 heterocycles. The van der Waals surface area contributed by atoms with Crippen molar-refractivity contribution in [2.75, 3.05) is 24.6 Å². The van der Waals surface area contributed by atoms with E-state index < -0.39 is 0 Å². The summed E-state index contributed by atoms with van der Waals surface area (Å²) >= 11 is 0. The van der Waals surface area contributed by atoms with Crippen LogP contribution in [0.1, 0.15) is 24.8 Å². The van der Waals surface area contributed by atoms with Crippen molar-refractivity contribution in [2.45, 2.75) is 25.7 Å². The van der Waals surface area contributed by atoms with Crippen molar-refractivity contribution in [2.24, 2.45) is 5.92 Å². The van der Waals surface area contributed by atoms with Crippen molar-refractivity contribution in [3.63, 3.8) is 0 Å². The predicted molar refractivity (Wildman–Crippen MR) is 75.8 cm³/mol. The molecule has 0 bridgehead atoms. The molecule has 2 N–H and O–H groups in total. The molecule has 0 aromatic heterocycles. The summed E-state index contributed by atoms with van der Waals surface area (Å²) in [6, 6.07) is 8.62. The maximum absolute atomic E-state index is 11.2. The Bertz CT molecular complexity index is 437. The van der Waals surface area contributed by atoms with E-state index in [1.165, 1.54) is 24.8 Å². The molecule has 3 rings (SSSR count). The average molecular weight is 259 g/mol. The molecule has 2 aliphatic heterocycles. The second-order valence-electron chi connectivity index (χ2n) is 5.50. The number of piperidine rings is 1. The number of amides is 1. The van der Waals surface area contributed by atoms with Crippen molar-refractivity contribution in [1.29, 1.82) is 0 Å². The molecule has 0 unspecified atom stereocenters. The van der Waals surface area contributed by atoms with Gasteiger partial charge in [-0.15, -0.1) is 0 Å². The van der Waals surface area contributed by atoms with Gasteiger partial charge in [-0.1, -0.05) is 12.1 Å². The van der Waals surface area contributed by atoms with E-state index in [0.717, 1.165) is 31.2 Å². The molecule has 4 nitrogen and oxygen atoms in total. The third kappa shape index (κ3) is 3.07. The van der Waals surface area contributed by atoms with Gasteiger partial charge in [0.2, 0.25) is 5.91 Å². The van der Waals surface area contributed by atoms with Crippen LogP contribution in [0.2, 0.25) is 0 Å². The quantitative estimate of drug-likeness (QED) is 0.864. The largest absolute Gasteiger partial charge is 0.317 e. The van der Waals surface area contributed by atoms with Crippen LogP contribution >= 0.6 is 0 Å². The van der Waals surface area contributed by atoms with E-state index in [1.807, 2.05) is 5.01 Å². The SMILES string of the molecule is O=C1CCN(c2ccc(CC3CCNCC3)cc2)N1. The minimum absolute atomic E-state index is 0.110. The molecule has 102 valence electrons. The Hall–Kier alpha value is -1.55. The summed E-state index contributed by atoms with van der Waals surface area (Å²) in [5.74, 6) is 0.928. The second kappa shape index (κ2) is 5.61. The molecule has 0 saturated carbocycles. The van der Waals surface area contributed by atoms with Gasteiger partial charge in [0.25, 0.3) is 0 Å². The molecule has 1 aromatic carbocycles. The van der Waals surface area contributed by atoms with E-state index in [2.05, 4.69) is 35.0 Å². The topological polar surface area (TPSA) is 44.4 Å². The van der Waals surface area contributed by atoms with E-state index in [0.29, 0.717) is 6.42 Å². The number of rotatable bonds is 3. The lowest BCUT2D eigenvalue weighted by Crippen LogP contribution is -2.32. The second-order valence-corrected chi connectivity index (χ2v) is 5.50. The van der Waals surface area contributed by atoms with Crippen molar-refractivity contribution < 1.29 is 4.79 Å². The highest BCUT2D eigenvalue weighted by atomic mass is 16.2. The molecular formula is C15H21N3O. The number of nitrogens with zero attached hydrogens (tertiary/aromatic N) is 1. The molecule has 2 saturated heterocycles. The zero-order valence-electron chi connectivity index (χ0n) is 11.2. The Kier molecular flexibility index (Phi) is 3.69. The Morgan fingerprint density at radius 2 is 1.89 bits per heavy atom. The first-order chi connectivity index (χ1) is 9.31. The first kappa shape index (κ1) is 12.5. The van der Waals surface area contributed by atoms with Gasteiger partial charge in [-0.2, -0.15) is 0 Å². The number of hydrogen-bond acceptors (Lipinski definition) is 3. The minimum atomic E-state index is 0.110. The molecule has 0 atom stereocenters. The van der Waals surface area contributed by atoms with Crippen molar-refractivity contribution >= 4 is 11.6 Å². The number of hydrazine groups is 1. The number of carbonyl (C=O) groups is 1. The van der Waals surface area contributed by atoms with Gasteiger partial charge in [-0.3, -0.25) is 15.2 Å². The number of anilines is 1. The normalized spacial score (nSPS) is 20.6. The highest BCUT2D eigenvalue weighted by Crippen LogP contribution is 2.21. The van der Waals surface area contributed by atoms with E-state index in [-0.39, 0.29) is 5.91 Å². The van der Waals surface area contributed by atoms with Crippen LogP contribution < -0.4 is 15.8 Å². The van der Waals surface area contributed by atoms with Crippen LogP contribution in [0.15, 0.2) is 24.3 Å². The standard InChI is InChI=1S/C15H21N3O/c19-15-7-10-18(17-15)14-3-1-12(2-4-14)11-13-5-8-16-9-6-13/h1-4,13,16H,5-11H2,(H,17,19). The summed E-state index contributed by atoms with van der Waals surface area (Å²) in [6.07, 6.45) is 4.33. The molecule has 19 heavy (non-hydrogen) atoms. The van der Waals surface area contributed by atoms with Gasteiger partial charge in [0.05, 0.1) is 5.69 Å². The summed E-state index contributed by atoms with van der Waals surface area (Å²) in [4.78, 5) is 11.2. The first-order valence-electron chi connectivity index (χ1n) is 7.18. The maximum atomic E-state index is 11.2. The molecule has 1 aromatic rings. The summed E-state index contributed by atoms with van der Waals surface area (Å²) in [5, 5.41) is 5.33. The fourth-order valence-electron chi connectivity index (χ4n) is 2.90. The van der Waals surface area contributed by atoms with Crippen LogP contribution in [0, 0.1) is 5.92 Å². The van der Waals surface area contributed by atoms with Gasteiger partial charge in [0.1, 0.15) is 0 Å². The summed E-state index contributed by atoms with van der Waals surface area (Å²) in [6.45, 7) is 3.08. The Morgan fingerprint density at radius 1 is 1.16 bits per heavy atom. The van der Waals surface area contributed by atoms with Crippen molar-refractivity contribution in [3.8, 4) is 0 Å². The van der Waals surface area contributed by atoms with Gasteiger partial charge in [0, 0.05) is 13.0 Å². The monoisotopic (exact) mass is 259 g/mol. The van der Waals surface area contributed by atoms with Gasteiger partial charge >= 0.3 is 0 Å². The summed E-state index contributed by atoms with van der Waals surface area (Å²) in [5.41, 5.74) is 5.34. The van der Waals surface area contributed by atoms with Crippen LogP contribution in [-0.2, 0) is 11.2 Å². The van der Waals surface area contributed by atoms with E-state index in [1.54, 1.807) is 0 Å². The predicted octanol–water partition coefficient (Wildman–Crippen LogP) is 1.47. The van der Waals surface area contributed by atoms with Crippen molar-refractivity contribution in [3.05, 3.63) is 29.8 Å². The molecule has 0 spiro atoms. The Balaban J connectivity index is 1.60. The lowest BCUT2D eigenvalue weighted by Gasteiger charge is -2.23. The van der Waals surface area contributed by atoms with Crippen LogP contribution in [-0.4, -0.2) is 25.5 Å². The molecule has 0 aliphatic carbocycles. The molecule has 4 heteroatoms. The zero-order chi connectivity index (χ0) is 13.1. The molecule has 2 aliphatic rings. The van der Waals surface area contributed by atoms with Crippen LogP contribution in [0.5, 0.6) is 0 Å². The number of carbonyl (C=O) groups excluding carboxylic acids is 1. The van der Waals surface area contributed by atoms with Crippen LogP contribution in [0.25, 0.3) is 0 Å². The first-order valence-corrected chi connectivity index (χ1v) is 7.18. The lowest BCUT2D eigenvalue weighted by atomic mass is 9.91. The van der Waals surface area contributed by atoms with Gasteiger partial charge in [-0.25, -0.2) is 0 Å². The summed E-state index contributed by atoms with van der Waals surface area (Å²) in [7, 11) is 0. The van der Waals surface area contributed by atoms with E-state index in [9.17, 15) is 4.79 Å². The van der Waals surface area contributed by atoms with Gasteiger partial charge in [0.15, 0.2) is 0 Å². The molecule has 2 fully saturated rings. The fourth-order valence-corrected chi connectivity index (χ4v) is 2.90. The lowest BCUT2D eigenvalue weighted by molar-refractivity contribution is -0.119. The zero-order valence-corrected chi connectivity index (χ0v) is 11.2. The van der Waals surface area contributed by atoms with Crippen molar-refractivity contribution in [1.82, 2.24) is 10.7 Å². The van der Waals surface area contributed by atoms with Gasteiger partial charge < -0.3 is 5.32 Å². The van der Waals surface area contributed by atoms with Crippen LogP contribution in [0.4, 0.5) is 5.69 Å². The summed E-state index contributed by atoms with van der Waals surface area (Å²) < 4.78 is 0. The third-order valence-corrected chi connectivity index (χ3v) is 4.05. The molecule has 0 radical (unpaired) electrons. The number of hydrogen-bond donors (Lipinski definition) is 2. The minimum Gasteiger partial charge on any atom is -0.317 e. The third-order valence-electron chi connectivity index (χ3n) is 4.05. The maximum Gasteiger partial charge on any atom is 0.240 e. The smallest absolute Gasteiger partial charge is 0.240 e.